The van der Waals surface area contributed by atoms with Crippen molar-refractivity contribution >= 4 is 28.5 Å². The van der Waals surface area contributed by atoms with E-state index in [2.05, 4.69) is 31.9 Å². The molecule has 0 spiro atoms. The molecule has 0 unspecified atom stereocenters. The fraction of sp³-hybridized carbons (Fsp3) is 0.250. The number of rotatable bonds is 6. The van der Waals surface area contributed by atoms with Crippen LogP contribution in [0, 0.1) is 0 Å². The van der Waals surface area contributed by atoms with Crippen LogP contribution in [0.4, 0.5) is 5.82 Å². The molecule has 24 heavy (non-hydrogen) atoms. The third kappa shape index (κ3) is 3.78. The molecule has 2 aromatic heterocycles. The van der Waals surface area contributed by atoms with Gasteiger partial charge in [0.2, 0.25) is 11.8 Å². The lowest BCUT2D eigenvalue weighted by molar-refractivity contribution is -0.122. The Labute approximate surface area is 138 Å². The Balaban J connectivity index is 1.49. The molecule has 0 fully saturated rings. The van der Waals surface area contributed by atoms with Gasteiger partial charge in [-0.25, -0.2) is 0 Å². The van der Waals surface area contributed by atoms with Crippen LogP contribution in [0.25, 0.3) is 10.9 Å². The summed E-state index contributed by atoms with van der Waals surface area (Å²) in [5.74, 6) is -0.0841. The van der Waals surface area contributed by atoms with Gasteiger partial charge in [-0.1, -0.05) is 18.2 Å². The summed E-state index contributed by atoms with van der Waals surface area (Å²) in [7, 11) is 0. The zero-order chi connectivity index (χ0) is 16.9. The molecule has 0 bridgehead atoms. The van der Waals surface area contributed by atoms with Crippen LogP contribution in [0.1, 0.15) is 12.5 Å². The van der Waals surface area contributed by atoms with Crippen LogP contribution in [-0.2, 0) is 22.6 Å². The Morgan fingerprint density at radius 1 is 1.29 bits per heavy atom. The molecular formula is C16H18N6O2. The number of carbonyl (C=O) groups is 2. The Morgan fingerprint density at radius 2 is 2.12 bits per heavy atom. The maximum Gasteiger partial charge on any atom is 0.243 e. The molecule has 124 valence electrons. The molecule has 0 radical (unpaired) electrons. The average molecular weight is 326 g/mol. The summed E-state index contributed by atoms with van der Waals surface area (Å²) in [5, 5.41) is 14.4. The van der Waals surface area contributed by atoms with E-state index in [1.165, 1.54) is 23.3 Å². The Bertz CT molecular complexity index is 866. The molecule has 0 saturated carbocycles. The van der Waals surface area contributed by atoms with Gasteiger partial charge in [-0.05, 0) is 18.1 Å². The summed E-state index contributed by atoms with van der Waals surface area (Å²) in [6, 6.07) is 8.05. The number of hydrogen-bond donors (Lipinski definition) is 3. The van der Waals surface area contributed by atoms with Crippen molar-refractivity contribution in [3.05, 3.63) is 42.2 Å². The zero-order valence-electron chi connectivity index (χ0n) is 13.2. The van der Waals surface area contributed by atoms with E-state index in [-0.39, 0.29) is 18.4 Å². The number of nitrogens with one attached hydrogen (secondary N) is 3. The van der Waals surface area contributed by atoms with Crippen molar-refractivity contribution in [2.24, 2.45) is 0 Å². The summed E-state index contributed by atoms with van der Waals surface area (Å²) >= 11 is 0. The van der Waals surface area contributed by atoms with E-state index in [9.17, 15) is 9.59 Å². The lowest BCUT2D eigenvalue weighted by Crippen LogP contribution is -2.30. The van der Waals surface area contributed by atoms with Crippen molar-refractivity contribution in [1.29, 1.82) is 0 Å². The highest BCUT2D eigenvalue weighted by molar-refractivity contribution is 5.87. The van der Waals surface area contributed by atoms with Crippen LogP contribution >= 0.6 is 0 Å². The number of anilines is 1. The molecule has 3 rings (SSSR count). The normalized spacial score (nSPS) is 10.7. The molecule has 1 aromatic carbocycles. The maximum absolute atomic E-state index is 11.9. The number of H-pyrrole nitrogens is 1. The molecule has 8 nitrogen and oxygen atoms in total. The van der Waals surface area contributed by atoms with Gasteiger partial charge in [0, 0.05) is 30.6 Å². The van der Waals surface area contributed by atoms with Crippen molar-refractivity contribution in [3.8, 4) is 0 Å². The van der Waals surface area contributed by atoms with Gasteiger partial charge in [-0.3, -0.25) is 9.59 Å². The van der Waals surface area contributed by atoms with E-state index in [4.69, 9.17) is 0 Å². The van der Waals surface area contributed by atoms with Crippen molar-refractivity contribution in [3.63, 3.8) is 0 Å². The molecule has 2 amide bonds. The first kappa shape index (κ1) is 15.7. The smallest absolute Gasteiger partial charge is 0.243 e. The molecular weight excluding hydrogens is 308 g/mol. The Morgan fingerprint density at radius 3 is 2.96 bits per heavy atom. The number of benzene rings is 1. The first-order valence-corrected chi connectivity index (χ1v) is 7.61. The van der Waals surface area contributed by atoms with E-state index < -0.39 is 0 Å². The van der Waals surface area contributed by atoms with Crippen LogP contribution in [0.5, 0.6) is 0 Å². The van der Waals surface area contributed by atoms with Crippen molar-refractivity contribution < 1.29 is 9.59 Å². The van der Waals surface area contributed by atoms with Gasteiger partial charge in [-0.2, -0.15) is 9.90 Å². The summed E-state index contributed by atoms with van der Waals surface area (Å²) < 4.78 is 0. The standard InChI is InChI=1S/C16H18N6O2/c1-11(23)20-15-9-19-22(21-15)10-16(24)17-7-6-12-8-18-14-5-3-2-4-13(12)14/h2-5,8-9,18H,6-7,10H2,1H3,(H,17,24)(H,20,21,23). The summed E-state index contributed by atoms with van der Waals surface area (Å²) in [4.78, 5) is 27.3. The lowest BCUT2D eigenvalue weighted by Gasteiger charge is -2.04. The quantitative estimate of drug-likeness (QED) is 0.630. The van der Waals surface area contributed by atoms with E-state index in [1.54, 1.807) is 0 Å². The van der Waals surface area contributed by atoms with Crippen LogP contribution in [0.3, 0.4) is 0 Å². The molecule has 3 aromatic rings. The number of amides is 2. The topological polar surface area (TPSA) is 105 Å². The number of hydrogen-bond acceptors (Lipinski definition) is 4. The number of carbonyl (C=O) groups excluding carboxylic acids is 2. The van der Waals surface area contributed by atoms with Crippen LogP contribution in [0.2, 0.25) is 0 Å². The molecule has 0 atom stereocenters. The van der Waals surface area contributed by atoms with E-state index in [1.807, 2.05) is 24.4 Å². The second-order valence-corrected chi connectivity index (χ2v) is 5.40. The van der Waals surface area contributed by atoms with Gasteiger partial charge in [-0.15, -0.1) is 5.10 Å². The van der Waals surface area contributed by atoms with Gasteiger partial charge in [0.25, 0.3) is 0 Å². The monoisotopic (exact) mass is 326 g/mol. The SMILES string of the molecule is CC(=O)Nc1cnn(CC(=O)NCCc2c[nH]c3ccccc23)n1. The van der Waals surface area contributed by atoms with E-state index in [0.717, 1.165) is 17.5 Å². The fourth-order valence-corrected chi connectivity index (χ4v) is 2.47. The molecule has 2 heterocycles. The van der Waals surface area contributed by atoms with Gasteiger partial charge in [0.1, 0.15) is 6.54 Å². The first-order valence-electron chi connectivity index (χ1n) is 7.61. The third-order valence-corrected chi connectivity index (χ3v) is 3.52. The largest absolute Gasteiger partial charge is 0.361 e. The number of fused-ring (bicyclic) bond motifs is 1. The molecule has 0 aliphatic rings. The highest BCUT2D eigenvalue weighted by Gasteiger charge is 2.08. The van der Waals surface area contributed by atoms with Crippen molar-refractivity contribution in [2.45, 2.75) is 19.9 Å². The average Bonchev–Trinajstić information content (AvgIpc) is 3.14. The predicted octanol–water partition coefficient (Wildman–Crippen LogP) is 1.08. The highest BCUT2D eigenvalue weighted by Crippen LogP contribution is 2.17. The molecule has 3 N–H and O–H groups in total. The van der Waals surface area contributed by atoms with Gasteiger partial charge in [0.05, 0.1) is 6.20 Å². The fourth-order valence-electron chi connectivity index (χ4n) is 2.47. The number of para-hydroxylation sites is 1. The van der Waals surface area contributed by atoms with E-state index in [0.29, 0.717) is 12.4 Å². The highest BCUT2D eigenvalue weighted by atomic mass is 16.2. The molecule has 0 aliphatic carbocycles. The summed E-state index contributed by atoms with van der Waals surface area (Å²) in [6.45, 7) is 1.92. The summed E-state index contributed by atoms with van der Waals surface area (Å²) in [6.07, 6.45) is 4.10. The minimum atomic E-state index is -0.231. The maximum atomic E-state index is 11.9. The van der Waals surface area contributed by atoms with Crippen molar-refractivity contribution in [1.82, 2.24) is 25.3 Å². The van der Waals surface area contributed by atoms with Gasteiger partial charge < -0.3 is 15.6 Å². The molecule has 0 saturated heterocycles. The predicted molar refractivity (Wildman–Crippen MR) is 89.3 cm³/mol. The molecule has 8 heteroatoms. The number of nitrogens with zero attached hydrogens (tertiary/aromatic N) is 3. The number of aromatic amines is 1. The lowest BCUT2D eigenvalue weighted by atomic mass is 10.1. The van der Waals surface area contributed by atoms with Crippen LogP contribution in [0.15, 0.2) is 36.7 Å². The zero-order valence-corrected chi connectivity index (χ0v) is 13.2. The van der Waals surface area contributed by atoms with Crippen LogP contribution < -0.4 is 10.6 Å². The Kier molecular flexibility index (Phi) is 4.55. The van der Waals surface area contributed by atoms with Gasteiger partial charge >= 0.3 is 0 Å². The van der Waals surface area contributed by atoms with Gasteiger partial charge in [0.15, 0.2) is 5.82 Å². The van der Waals surface area contributed by atoms with E-state index >= 15 is 0 Å². The first-order chi connectivity index (χ1) is 11.6. The molecule has 0 aliphatic heterocycles. The second-order valence-electron chi connectivity index (χ2n) is 5.40. The second kappa shape index (κ2) is 6.95. The Hall–Kier alpha value is -3.16. The minimum absolute atomic E-state index is 0.00741. The van der Waals surface area contributed by atoms with Crippen LogP contribution in [-0.4, -0.2) is 38.3 Å². The number of aromatic nitrogens is 4. The third-order valence-electron chi connectivity index (χ3n) is 3.52. The van der Waals surface area contributed by atoms with Crippen molar-refractivity contribution in [2.75, 3.05) is 11.9 Å². The summed E-state index contributed by atoms with van der Waals surface area (Å²) in [5.41, 5.74) is 2.25. The minimum Gasteiger partial charge on any atom is -0.361 e.